The lowest BCUT2D eigenvalue weighted by molar-refractivity contribution is -0.381. The number of hydrogen-bond acceptors (Lipinski definition) is 8. The molecule has 1 spiro atoms. The molecule has 0 aromatic carbocycles. The molecule has 12 heteroatoms. The van der Waals surface area contributed by atoms with Crippen LogP contribution in [0.2, 0.25) is 0 Å². The molecule has 4 heterocycles. The normalized spacial score (nSPS) is 19.3. The van der Waals surface area contributed by atoms with Gasteiger partial charge in [-0.25, -0.2) is 8.42 Å². The number of rotatable bonds is 5. The maximum atomic E-state index is 13.0. The van der Waals surface area contributed by atoms with Crippen molar-refractivity contribution < 1.29 is 22.9 Å². The zero-order valence-corrected chi connectivity index (χ0v) is 18.7. The van der Waals surface area contributed by atoms with Crippen molar-refractivity contribution in [3.63, 3.8) is 0 Å². The third-order valence-electron chi connectivity index (χ3n) is 5.93. The number of nitro groups is 1. The highest BCUT2D eigenvalue weighted by atomic mass is 32.2. The van der Waals surface area contributed by atoms with Gasteiger partial charge in [0.15, 0.2) is 0 Å². The molecule has 2 aliphatic rings. The summed E-state index contributed by atoms with van der Waals surface area (Å²) in [5.41, 5.74) is 0.0933. The van der Waals surface area contributed by atoms with Crippen LogP contribution in [0.1, 0.15) is 29.6 Å². The number of nitrogens with zero attached hydrogens (tertiary/aromatic N) is 3. The van der Waals surface area contributed by atoms with E-state index in [2.05, 4.69) is 0 Å². The van der Waals surface area contributed by atoms with Crippen molar-refractivity contribution in [3.8, 4) is 5.75 Å². The second kappa shape index (κ2) is 7.91. The third kappa shape index (κ3) is 3.61. The minimum absolute atomic E-state index is 0.00723. The molecular weight excluding hydrogens is 450 g/mol. The Bertz CT molecular complexity index is 1060. The number of carbonyl (C=O) groups excluding carboxylic acids is 1. The summed E-state index contributed by atoms with van der Waals surface area (Å²) in [5.74, 6) is -0.269. The van der Waals surface area contributed by atoms with E-state index in [1.807, 2.05) is 0 Å². The summed E-state index contributed by atoms with van der Waals surface area (Å²) >= 11 is 2.10. The molecule has 2 aromatic heterocycles. The number of methoxy groups -OCH3 is 1. The molecule has 2 aliphatic heterocycles. The van der Waals surface area contributed by atoms with Gasteiger partial charge in [-0.05, 0) is 36.1 Å². The van der Waals surface area contributed by atoms with E-state index in [0.717, 1.165) is 17.8 Å². The molecule has 0 atom stereocenters. The number of likely N-dealkylation sites (tertiary alicyclic amines) is 1. The molecule has 0 aliphatic carbocycles. The van der Waals surface area contributed by atoms with Crippen LogP contribution in [0, 0.1) is 15.5 Å². The first-order valence-corrected chi connectivity index (χ1v) is 12.6. The van der Waals surface area contributed by atoms with Crippen LogP contribution < -0.4 is 4.74 Å². The highest BCUT2D eigenvalue weighted by molar-refractivity contribution is 7.91. The minimum atomic E-state index is -3.46. The van der Waals surface area contributed by atoms with E-state index < -0.39 is 14.9 Å². The summed E-state index contributed by atoms with van der Waals surface area (Å²) in [4.78, 5) is 25.3. The maximum absolute atomic E-state index is 13.0. The van der Waals surface area contributed by atoms with Gasteiger partial charge >= 0.3 is 5.00 Å². The van der Waals surface area contributed by atoms with Gasteiger partial charge in [0, 0.05) is 31.6 Å². The van der Waals surface area contributed by atoms with Crippen LogP contribution in [0.4, 0.5) is 5.00 Å². The molecule has 0 unspecified atom stereocenters. The second-order valence-electron chi connectivity index (χ2n) is 7.56. The fourth-order valence-electron chi connectivity index (χ4n) is 4.23. The van der Waals surface area contributed by atoms with Crippen molar-refractivity contribution in [3.05, 3.63) is 38.6 Å². The molecule has 30 heavy (non-hydrogen) atoms. The summed E-state index contributed by atoms with van der Waals surface area (Å²) in [6, 6.07) is 3.35. The highest BCUT2D eigenvalue weighted by Crippen LogP contribution is 2.44. The van der Waals surface area contributed by atoms with Crippen molar-refractivity contribution in [1.29, 1.82) is 0 Å². The van der Waals surface area contributed by atoms with Crippen LogP contribution in [-0.2, 0) is 10.0 Å². The largest absolute Gasteiger partial charge is 0.489 e. The predicted molar refractivity (Wildman–Crippen MR) is 113 cm³/mol. The van der Waals surface area contributed by atoms with Gasteiger partial charge in [-0.15, -0.1) is 11.3 Å². The number of sulfonamides is 1. The fourth-order valence-corrected chi connectivity index (χ4v) is 7.64. The molecule has 0 radical (unpaired) electrons. The van der Waals surface area contributed by atoms with Crippen molar-refractivity contribution in [2.24, 2.45) is 5.41 Å². The Labute approximate surface area is 182 Å². The smallest absolute Gasteiger partial charge is 0.366 e. The molecular formula is C18H21N3O6S3. The Morgan fingerprint density at radius 1 is 1.23 bits per heavy atom. The summed E-state index contributed by atoms with van der Waals surface area (Å²) in [7, 11) is -2.14. The quantitative estimate of drug-likeness (QED) is 0.490. The molecule has 4 rings (SSSR count). The Kier molecular flexibility index (Phi) is 5.60. The molecule has 162 valence electrons. The van der Waals surface area contributed by atoms with Gasteiger partial charge in [-0.1, -0.05) is 17.4 Å². The number of amides is 1. The molecule has 1 amide bonds. The van der Waals surface area contributed by atoms with Crippen LogP contribution in [0.25, 0.3) is 0 Å². The van der Waals surface area contributed by atoms with E-state index in [9.17, 15) is 23.3 Å². The average Bonchev–Trinajstić information content (AvgIpc) is 3.47. The number of hydrogen-bond donors (Lipinski definition) is 0. The van der Waals surface area contributed by atoms with E-state index in [1.54, 1.807) is 22.4 Å². The molecule has 0 saturated carbocycles. The molecule has 2 fully saturated rings. The maximum Gasteiger partial charge on any atom is 0.366 e. The lowest BCUT2D eigenvalue weighted by atomic mass is 9.78. The third-order valence-corrected chi connectivity index (χ3v) is 10.1. The van der Waals surface area contributed by atoms with Gasteiger partial charge in [-0.3, -0.25) is 14.9 Å². The molecule has 2 saturated heterocycles. The number of thiophene rings is 2. The lowest BCUT2D eigenvalue weighted by Crippen LogP contribution is -2.44. The van der Waals surface area contributed by atoms with Gasteiger partial charge in [0.1, 0.15) is 4.21 Å². The summed E-state index contributed by atoms with van der Waals surface area (Å²) in [5, 5.41) is 14.2. The standard InChI is InChI=1S/C18H21N3O6S3/c1-27-15-13(11-29-17(15)21(23)24)16(22)19-7-4-18(12-19)5-8-20(9-6-18)30(25,26)14-3-2-10-28-14/h2-3,10-11H,4-9,12H2,1H3. The number of carbonyl (C=O) groups is 1. The van der Waals surface area contributed by atoms with Crippen molar-refractivity contribution >= 4 is 43.6 Å². The first-order chi connectivity index (χ1) is 14.3. The average molecular weight is 472 g/mol. The fraction of sp³-hybridized carbons (Fsp3) is 0.500. The Morgan fingerprint density at radius 3 is 2.53 bits per heavy atom. The van der Waals surface area contributed by atoms with E-state index in [1.165, 1.54) is 28.1 Å². The van der Waals surface area contributed by atoms with Gasteiger partial charge in [0.2, 0.25) is 5.75 Å². The van der Waals surface area contributed by atoms with Crippen LogP contribution >= 0.6 is 22.7 Å². The van der Waals surface area contributed by atoms with Gasteiger partial charge < -0.3 is 9.64 Å². The summed E-state index contributed by atoms with van der Waals surface area (Å²) < 4.78 is 32.5. The topological polar surface area (TPSA) is 110 Å². The molecule has 0 N–H and O–H groups in total. The van der Waals surface area contributed by atoms with Crippen LogP contribution in [0.3, 0.4) is 0 Å². The molecule has 0 bridgehead atoms. The van der Waals surface area contributed by atoms with E-state index in [0.29, 0.717) is 43.2 Å². The molecule has 2 aromatic rings. The summed E-state index contributed by atoms with van der Waals surface area (Å²) in [6.45, 7) is 1.92. The predicted octanol–water partition coefficient (Wildman–Crippen LogP) is 3.04. The monoisotopic (exact) mass is 471 g/mol. The van der Waals surface area contributed by atoms with Gasteiger partial charge in [-0.2, -0.15) is 4.31 Å². The zero-order chi connectivity index (χ0) is 21.5. The Hall–Kier alpha value is -2.02. The number of piperidine rings is 1. The molecule has 9 nitrogen and oxygen atoms in total. The Morgan fingerprint density at radius 2 is 1.93 bits per heavy atom. The zero-order valence-electron chi connectivity index (χ0n) is 16.3. The first-order valence-electron chi connectivity index (χ1n) is 9.40. The van der Waals surface area contributed by atoms with Crippen molar-refractivity contribution in [2.45, 2.75) is 23.5 Å². The SMILES string of the molecule is COc1c(C(=O)N2CCC3(CCN(S(=O)(=O)c4cccs4)CC3)C2)csc1[N+](=O)[O-]. The van der Waals surface area contributed by atoms with E-state index in [-0.39, 0.29) is 27.6 Å². The van der Waals surface area contributed by atoms with Gasteiger partial charge in [0.25, 0.3) is 15.9 Å². The first kappa shape index (κ1) is 21.2. The highest BCUT2D eigenvalue weighted by Gasteiger charge is 2.45. The van der Waals surface area contributed by atoms with Crippen molar-refractivity contribution in [2.75, 3.05) is 33.3 Å². The van der Waals surface area contributed by atoms with Crippen LogP contribution in [0.5, 0.6) is 5.75 Å². The van der Waals surface area contributed by atoms with E-state index in [4.69, 9.17) is 4.74 Å². The van der Waals surface area contributed by atoms with Crippen LogP contribution in [0.15, 0.2) is 27.1 Å². The summed E-state index contributed by atoms with van der Waals surface area (Å²) in [6.07, 6.45) is 2.16. The van der Waals surface area contributed by atoms with Crippen molar-refractivity contribution in [1.82, 2.24) is 9.21 Å². The van der Waals surface area contributed by atoms with Crippen LogP contribution in [-0.4, -0.2) is 61.7 Å². The Balaban J connectivity index is 1.44. The lowest BCUT2D eigenvalue weighted by Gasteiger charge is -2.38. The second-order valence-corrected chi connectivity index (χ2v) is 11.5. The number of ether oxygens (including phenoxy) is 1. The van der Waals surface area contributed by atoms with E-state index >= 15 is 0 Å². The van der Waals surface area contributed by atoms with Gasteiger partial charge in [0.05, 0.1) is 17.6 Å². The minimum Gasteiger partial charge on any atom is -0.489 e.